The Morgan fingerprint density at radius 2 is 2.10 bits per heavy atom. The van der Waals surface area contributed by atoms with Gasteiger partial charge in [0, 0.05) is 38.2 Å². The Morgan fingerprint density at radius 3 is 2.86 bits per heavy atom. The van der Waals surface area contributed by atoms with Crippen LogP contribution in [-0.4, -0.2) is 33.9 Å². The van der Waals surface area contributed by atoms with E-state index >= 15 is 0 Å². The topological polar surface area (TPSA) is 71.0 Å². The molecule has 0 atom stereocenters. The third-order valence-electron chi connectivity index (χ3n) is 3.44. The second-order valence-corrected chi connectivity index (χ2v) is 4.98. The molecule has 0 aromatic carbocycles. The smallest absolute Gasteiger partial charge is 0.270 e. The predicted octanol–water partition coefficient (Wildman–Crippen LogP) is 1.40. The fourth-order valence-corrected chi connectivity index (χ4v) is 2.32. The fourth-order valence-electron chi connectivity index (χ4n) is 2.32. The van der Waals surface area contributed by atoms with Crippen LogP contribution in [0.3, 0.4) is 0 Å². The lowest BCUT2D eigenvalue weighted by molar-refractivity contribution is 0.0946. The fraction of sp³-hybridized carbons (Fsp3) is 0.333. The number of rotatable bonds is 4. The number of nitrogens with one attached hydrogen (secondary N) is 1. The average molecular weight is 283 g/mol. The quantitative estimate of drug-likeness (QED) is 0.918. The van der Waals surface area contributed by atoms with Crippen LogP contribution in [0.25, 0.3) is 0 Å². The van der Waals surface area contributed by atoms with Crippen molar-refractivity contribution in [3.05, 3.63) is 48.0 Å². The van der Waals surface area contributed by atoms with Crippen molar-refractivity contribution < 1.29 is 4.79 Å². The number of aromatic nitrogens is 3. The Balaban J connectivity index is 1.65. The highest BCUT2D eigenvalue weighted by Gasteiger charge is 2.16. The molecule has 3 heterocycles. The van der Waals surface area contributed by atoms with Gasteiger partial charge < -0.3 is 10.2 Å². The first-order valence-corrected chi connectivity index (χ1v) is 7.08. The number of hydrogen-bond acceptors (Lipinski definition) is 5. The normalized spacial score (nSPS) is 14.2. The molecule has 0 spiro atoms. The number of carbonyl (C=O) groups is 1. The van der Waals surface area contributed by atoms with Gasteiger partial charge in [-0.2, -0.15) is 0 Å². The van der Waals surface area contributed by atoms with Gasteiger partial charge in [0.1, 0.15) is 5.69 Å². The van der Waals surface area contributed by atoms with E-state index in [4.69, 9.17) is 0 Å². The monoisotopic (exact) mass is 283 g/mol. The van der Waals surface area contributed by atoms with Crippen molar-refractivity contribution in [1.82, 2.24) is 20.3 Å². The summed E-state index contributed by atoms with van der Waals surface area (Å²) in [5.74, 6) is 0.447. The molecule has 108 valence electrons. The maximum atomic E-state index is 12.1. The predicted molar refractivity (Wildman–Crippen MR) is 78.9 cm³/mol. The van der Waals surface area contributed by atoms with E-state index in [0.29, 0.717) is 18.2 Å². The van der Waals surface area contributed by atoms with E-state index < -0.39 is 0 Å². The Hall–Kier alpha value is -2.50. The summed E-state index contributed by atoms with van der Waals surface area (Å²) in [7, 11) is 0. The minimum absolute atomic E-state index is 0.193. The van der Waals surface area contributed by atoms with Crippen LogP contribution in [-0.2, 0) is 6.54 Å². The summed E-state index contributed by atoms with van der Waals surface area (Å²) >= 11 is 0. The first-order valence-electron chi connectivity index (χ1n) is 7.08. The van der Waals surface area contributed by atoms with Gasteiger partial charge in [-0.3, -0.25) is 9.78 Å². The summed E-state index contributed by atoms with van der Waals surface area (Å²) in [4.78, 5) is 26.9. The number of amides is 1. The van der Waals surface area contributed by atoms with E-state index in [1.807, 2.05) is 12.1 Å². The van der Waals surface area contributed by atoms with Gasteiger partial charge in [0.05, 0.1) is 0 Å². The van der Waals surface area contributed by atoms with E-state index in [9.17, 15) is 4.79 Å². The summed E-state index contributed by atoms with van der Waals surface area (Å²) in [5.41, 5.74) is 1.36. The lowest BCUT2D eigenvalue weighted by atomic mass is 10.3. The van der Waals surface area contributed by atoms with Crippen molar-refractivity contribution in [1.29, 1.82) is 0 Å². The Kier molecular flexibility index (Phi) is 4.04. The van der Waals surface area contributed by atoms with Crippen molar-refractivity contribution in [2.24, 2.45) is 0 Å². The SMILES string of the molecule is O=C(NCc1cccnc1)c1ccnc(N2CCCC2)n1. The van der Waals surface area contributed by atoms with E-state index in [-0.39, 0.29) is 5.91 Å². The number of anilines is 1. The van der Waals surface area contributed by atoms with Gasteiger partial charge in [-0.15, -0.1) is 0 Å². The molecule has 0 radical (unpaired) electrons. The molecule has 0 unspecified atom stereocenters. The molecule has 1 amide bonds. The molecule has 1 saturated heterocycles. The molecule has 1 aliphatic rings. The van der Waals surface area contributed by atoms with Crippen LogP contribution in [0.4, 0.5) is 5.95 Å². The molecule has 0 saturated carbocycles. The highest BCUT2D eigenvalue weighted by Crippen LogP contribution is 2.15. The standard InChI is InChI=1S/C15H17N5O/c21-14(18-11-12-4-3-6-16-10-12)13-5-7-17-15(19-13)20-8-1-2-9-20/h3-7,10H,1-2,8-9,11H2,(H,18,21). The minimum atomic E-state index is -0.193. The van der Waals surface area contributed by atoms with E-state index in [2.05, 4.69) is 25.2 Å². The largest absolute Gasteiger partial charge is 0.347 e. The zero-order valence-corrected chi connectivity index (χ0v) is 11.7. The van der Waals surface area contributed by atoms with Gasteiger partial charge in [-0.1, -0.05) is 6.07 Å². The molecule has 6 heteroatoms. The molecule has 21 heavy (non-hydrogen) atoms. The zero-order chi connectivity index (χ0) is 14.5. The Bertz CT molecular complexity index is 610. The van der Waals surface area contributed by atoms with Crippen LogP contribution in [0, 0.1) is 0 Å². The molecule has 1 N–H and O–H groups in total. The second kappa shape index (κ2) is 6.30. The third kappa shape index (κ3) is 3.34. The first kappa shape index (κ1) is 13.5. The summed E-state index contributed by atoms with van der Waals surface area (Å²) in [6.45, 7) is 2.36. The van der Waals surface area contributed by atoms with Gasteiger partial charge in [0.2, 0.25) is 5.95 Å². The van der Waals surface area contributed by atoms with Gasteiger partial charge >= 0.3 is 0 Å². The molecule has 2 aromatic heterocycles. The van der Waals surface area contributed by atoms with E-state index in [1.54, 1.807) is 24.7 Å². The lowest BCUT2D eigenvalue weighted by Gasteiger charge is -2.15. The Labute approximate surface area is 123 Å². The highest BCUT2D eigenvalue weighted by atomic mass is 16.1. The number of hydrogen-bond donors (Lipinski definition) is 1. The molecule has 1 aliphatic heterocycles. The summed E-state index contributed by atoms with van der Waals surface area (Å²) in [5, 5.41) is 2.85. The molecule has 6 nitrogen and oxygen atoms in total. The van der Waals surface area contributed by atoms with Crippen molar-refractivity contribution >= 4 is 11.9 Å². The third-order valence-corrected chi connectivity index (χ3v) is 3.44. The number of nitrogens with zero attached hydrogens (tertiary/aromatic N) is 4. The van der Waals surface area contributed by atoms with Gasteiger partial charge in [-0.25, -0.2) is 9.97 Å². The molecule has 3 rings (SSSR count). The molecule has 0 aliphatic carbocycles. The van der Waals surface area contributed by atoms with Gasteiger partial charge in [-0.05, 0) is 30.5 Å². The maximum Gasteiger partial charge on any atom is 0.270 e. The van der Waals surface area contributed by atoms with Crippen LogP contribution in [0.5, 0.6) is 0 Å². The zero-order valence-electron chi connectivity index (χ0n) is 11.7. The second-order valence-electron chi connectivity index (χ2n) is 4.98. The number of pyridine rings is 1. The van der Waals surface area contributed by atoms with Crippen molar-refractivity contribution in [2.45, 2.75) is 19.4 Å². The van der Waals surface area contributed by atoms with Crippen molar-refractivity contribution in [2.75, 3.05) is 18.0 Å². The van der Waals surface area contributed by atoms with Crippen molar-refractivity contribution in [3.8, 4) is 0 Å². The van der Waals surface area contributed by atoms with E-state index in [1.165, 1.54) is 0 Å². The molecule has 1 fully saturated rings. The van der Waals surface area contributed by atoms with Crippen LogP contribution < -0.4 is 10.2 Å². The first-order chi connectivity index (χ1) is 10.3. The summed E-state index contributed by atoms with van der Waals surface area (Å²) in [6, 6.07) is 5.40. The van der Waals surface area contributed by atoms with Crippen LogP contribution in [0.1, 0.15) is 28.9 Å². The van der Waals surface area contributed by atoms with Crippen LogP contribution in [0.2, 0.25) is 0 Å². The van der Waals surface area contributed by atoms with Crippen molar-refractivity contribution in [3.63, 3.8) is 0 Å². The molecular formula is C15H17N5O. The summed E-state index contributed by atoms with van der Waals surface area (Å²) in [6.07, 6.45) is 7.38. The van der Waals surface area contributed by atoms with Gasteiger partial charge in [0.15, 0.2) is 0 Å². The number of carbonyl (C=O) groups excluding carboxylic acids is 1. The summed E-state index contributed by atoms with van der Waals surface area (Å²) < 4.78 is 0. The molecule has 0 bridgehead atoms. The average Bonchev–Trinajstić information content (AvgIpc) is 3.08. The van der Waals surface area contributed by atoms with E-state index in [0.717, 1.165) is 31.5 Å². The molecular weight excluding hydrogens is 266 g/mol. The maximum absolute atomic E-state index is 12.1. The molecule has 2 aromatic rings. The van der Waals surface area contributed by atoms with Crippen LogP contribution >= 0.6 is 0 Å². The Morgan fingerprint density at radius 1 is 1.24 bits per heavy atom. The van der Waals surface area contributed by atoms with Gasteiger partial charge in [0.25, 0.3) is 5.91 Å². The minimum Gasteiger partial charge on any atom is -0.347 e. The van der Waals surface area contributed by atoms with Crippen LogP contribution in [0.15, 0.2) is 36.8 Å². The highest BCUT2D eigenvalue weighted by molar-refractivity contribution is 5.92. The lowest BCUT2D eigenvalue weighted by Crippen LogP contribution is -2.26.